The number of para-hydroxylation sites is 2. The van der Waals surface area contributed by atoms with Crippen LogP contribution in [0.15, 0.2) is 54.6 Å². The molecule has 2 aromatic rings. The Morgan fingerprint density at radius 3 is 2.56 bits per heavy atom. The van der Waals surface area contributed by atoms with Crippen molar-refractivity contribution in [1.82, 2.24) is 4.90 Å². The second-order valence-electron chi connectivity index (χ2n) is 6.15. The number of benzene rings is 2. The normalized spacial score (nSPS) is 17.0. The van der Waals surface area contributed by atoms with Crippen molar-refractivity contribution >= 4 is 17.5 Å². The maximum absolute atomic E-state index is 12.8. The maximum atomic E-state index is 12.8. The second kappa shape index (κ2) is 7.83. The van der Waals surface area contributed by atoms with Gasteiger partial charge in [0, 0.05) is 18.8 Å². The van der Waals surface area contributed by atoms with Crippen LogP contribution in [-0.2, 0) is 4.79 Å². The minimum atomic E-state index is -0.201. The summed E-state index contributed by atoms with van der Waals surface area (Å²) in [4.78, 5) is 27.1. The number of hydrogen-bond acceptors (Lipinski definition) is 3. The first-order chi connectivity index (χ1) is 12.2. The fraction of sp³-hybridized carbons (Fsp3) is 0.300. The van der Waals surface area contributed by atoms with Gasteiger partial charge in [-0.1, -0.05) is 30.3 Å². The molecule has 0 aromatic heterocycles. The largest absolute Gasteiger partial charge is 0.496 e. The SMILES string of the molecule is COc1ccccc1C(=O)N1CCCC(C(=O)Nc2ccccc2)C1. The Morgan fingerprint density at radius 1 is 1.08 bits per heavy atom. The fourth-order valence-electron chi connectivity index (χ4n) is 3.13. The molecule has 1 aliphatic heterocycles. The van der Waals surface area contributed by atoms with Crippen LogP contribution >= 0.6 is 0 Å². The third kappa shape index (κ3) is 3.99. The minimum Gasteiger partial charge on any atom is -0.496 e. The number of carbonyl (C=O) groups excluding carboxylic acids is 2. The number of carbonyl (C=O) groups is 2. The van der Waals surface area contributed by atoms with Crippen LogP contribution in [0.5, 0.6) is 5.75 Å². The highest BCUT2D eigenvalue weighted by Crippen LogP contribution is 2.24. The number of nitrogens with zero attached hydrogens (tertiary/aromatic N) is 1. The van der Waals surface area contributed by atoms with E-state index in [1.807, 2.05) is 42.5 Å². The van der Waals surface area contributed by atoms with Crippen molar-refractivity contribution < 1.29 is 14.3 Å². The summed E-state index contributed by atoms with van der Waals surface area (Å²) >= 11 is 0. The van der Waals surface area contributed by atoms with Gasteiger partial charge in [0.25, 0.3) is 5.91 Å². The van der Waals surface area contributed by atoms with Gasteiger partial charge in [0.1, 0.15) is 5.75 Å². The van der Waals surface area contributed by atoms with E-state index >= 15 is 0 Å². The number of piperidine rings is 1. The molecule has 1 unspecified atom stereocenters. The molecule has 1 N–H and O–H groups in total. The molecular weight excluding hydrogens is 316 g/mol. The average Bonchev–Trinajstić information content (AvgIpc) is 2.68. The molecule has 1 fully saturated rings. The van der Waals surface area contributed by atoms with Crippen LogP contribution in [0.4, 0.5) is 5.69 Å². The highest BCUT2D eigenvalue weighted by atomic mass is 16.5. The summed E-state index contributed by atoms with van der Waals surface area (Å²) in [5, 5.41) is 2.93. The Kier molecular flexibility index (Phi) is 5.33. The quantitative estimate of drug-likeness (QED) is 0.931. The van der Waals surface area contributed by atoms with E-state index < -0.39 is 0 Å². The standard InChI is InChI=1S/C20H22N2O3/c1-25-18-12-6-5-11-17(18)20(24)22-13-7-8-15(14-22)19(23)21-16-9-3-2-4-10-16/h2-6,9-12,15H,7-8,13-14H2,1H3,(H,21,23). The molecule has 1 atom stereocenters. The van der Waals surface area contributed by atoms with Gasteiger partial charge in [-0.15, -0.1) is 0 Å². The first kappa shape index (κ1) is 17.0. The van der Waals surface area contributed by atoms with Gasteiger partial charge in [0.15, 0.2) is 0 Å². The molecule has 0 bridgehead atoms. The van der Waals surface area contributed by atoms with Crippen LogP contribution in [0.25, 0.3) is 0 Å². The molecule has 2 aromatic carbocycles. The van der Waals surface area contributed by atoms with Gasteiger partial charge in [-0.2, -0.15) is 0 Å². The number of hydrogen-bond donors (Lipinski definition) is 1. The molecule has 0 spiro atoms. The van der Waals surface area contributed by atoms with E-state index in [9.17, 15) is 9.59 Å². The number of rotatable bonds is 4. The van der Waals surface area contributed by atoms with Gasteiger partial charge in [-0.05, 0) is 37.1 Å². The lowest BCUT2D eigenvalue weighted by atomic mass is 9.96. The zero-order valence-electron chi connectivity index (χ0n) is 14.3. The summed E-state index contributed by atoms with van der Waals surface area (Å²) in [6.45, 7) is 1.08. The maximum Gasteiger partial charge on any atom is 0.257 e. The Labute approximate surface area is 147 Å². The first-order valence-electron chi connectivity index (χ1n) is 8.47. The van der Waals surface area contributed by atoms with Crippen molar-refractivity contribution in [3.63, 3.8) is 0 Å². The number of ether oxygens (including phenoxy) is 1. The van der Waals surface area contributed by atoms with Gasteiger partial charge in [0.2, 0.25) is 5.91 Å². The number of likely N-dealkylation sites (tertiary alicyclic amines) is 1. The van der Waals surface area contributed by atoms with Crippen molar-refractivity contribution in [2.45, 2.75) is 12.8 Å². The number of amides is 2. The van der Waals surface area contributed by atoms with Crippen LogP contribution in [0.1, 0.15) is 23.2 Å². The molecule has 0 radical (unpaired) electrons. The Hall–Kier alpha value is -2.82. The van der Waals surface area contributed by atoms with E-state index in [0.717, 1.165) is 18.5 Å². The minimum absolute atomic E-state index is 0.0382. The van der Waals surface area contributed by atoms with Crippen LogP contribution < -0.4 is 10.1 Å². The van der Waals surface area contributed by atoms with Crippen molar-refractivity contribution in [3.05, 3.63) is 60.2 Å². The topological polar surface area (TPSA) is 58.6 Å². The summed E-state index contributed by atoms with van der Waals surface area (Å²) in [5.41, 5.74) is 1.31. The van der Waals surface area contributed by atoms with E-state index in [2.05, 4.69) is 5.32 Å². The van der Waals surface area contributed by atoms with Gasteiger partial charge in [-0.3, -0.25) is 9.59 Å². The molecule has 1 heterocycles. The number of anilines is 1. The molecule has 3 rings (SSSR count). The molecule has 5 heteroatoms. The fourth-order valence-corrected chi connectivity index (χ4v) is 3.13. The smallest absolute Gasteiger partial charge is 0.257 e. The predicted molar refractivity (Wildman–Crippen MR) is 96.7 cm³/mol. The third-order valence-electron chi connectivity index (χ3n) is 4.46. The molecule has 0 aliphatic carbocycles. The van der Waals surface area contributed by atoms with E-state index in [-0.39, 0.29) is 17.7 Å². The molecular formula is C20H22N2O3. The molecule has 1 saturated heterocycles. The average molecular weight is 338 g/mol. The van der Waals surface area contributed by atoms with Gasteiger partial charge in [0.05, 0.1) is 18.6 Å². The lowest BCUT2D eigenvalue weighted by molar-refractivity contribution is -0.121. The lowest BCUT2D eigenvalue weighted by Crippen LogP contribution is -2.43. The van der Waals surface area contributed by atoms with Gasteiger partial charge >= 0.3 is 0 Å². The van der Waals surface area contributed by atoms with Crippen molar-refractivity contribution in [2.75, 3.05) is 25.5 Å². The van der Waals surface area contributed by atoms with E-state index in [0.29, 0.717) is 24.4 Å². The van der Waals surface area contributed by atoms with Gasteiger partial charge < -0.3 is 15.0 Å². The molecule has 130 valence electrons. The highest BCUT2D eigenvalue weighted by molar-refractivity contribution is 5.98. The predicted octanol–water partition coefficient (Wildman–Crippen LogP) is 3.19. The van der Waals surface area contributed by atoms with E-state index in [4.69, 9.17) is 4.74 Å². The van der Waals surface area contributed by atoms with Crippen LogP contribution in [0.3, 0.4) is 0 Å². The Bertz CT molecular complexity index is 746. The lowest BCUT2D eigenvalue weighted by Gasteiger charge is -2.32. The van der Waals surface area contributed by atoms with Crippen molar-refractivity contribution in [2.24, 2.45) is 5.92 Å². The summed E-state index contributed by atoms with van der Waals surface area (Å²) in [6.07, 6.45) is 1.60. The van der Waals surface area contributed by atoms with Crippen LogP contribution in [-0.4, -0.2) is 36.9 Å². The second-order valence-corrected chi connectivity index (χ2v) is 6.15. The monoisotopic (exact) mass is 338 g/mol. The summed E-state index contributed by atoms with van der Waals surface area (Å²) in [5.74, 6) is 0.231. The van der Waals surface area contributed by atoms with Crippen molar-refractivity contribution in [3.8, 4) is 5.75 Å². The number of nitrogens with one attached hydrogen (secondary N) is 1. The molecule has 25 heavy (non-hydrogen) atoms. The molecule has 0 saturated carbocycles. The Morgan fingerprint density at radius 2 is 1.80 bits per heavy atom. The summed E-state index contributed by atoms with van der Waals surface area (Å²) in [6, 6.07) is 16.6. The first-order valence-corrected chi connectivity index (χ1v) is 8.47. The third-order valence-corrected chi connectivity index (χ3v) is 4.46. The Balaban J connectivity index is 1.68. The van der Waals surface area contributed by atoms with E-state index in [1.165, 1.54) is 0 Å². The highest BCUT2D eigenvalue weighted by Gasteiger charge is 2.29. The molecule has 1 aliphatic rings. The molecule has 2 amide bonds. The van der Waals surface area contributed by atoms with Gasteiger partial charge in [-0.25, -0.2) is 0 Å². The van der Waals surface area contributed by atoms with Crippen LogP contribution in [0.2, 0.25) is 0 Å². The zero-order valence-corrected chi connectivity index (χ0v) is 14.3. The summed E-state index contributed by atoms with van der Waals surface area (Å²) in [7, 11) is 1.55. The zero-order chi connectivity index (χ0) is 17.6. The van der Waals surface area contributed by atoms with E-state index in [1.54, 1.807) is 24.1 Å². The van der Waals surface area contributed by atoms with Crippen molar-refractivity contribution in [1.29, 1.82) is 0 Å². The molecule has 5 nitrogen and oxygen atoms in total. The van der Waals surface area contributed by atoms with Crippen LogP contribution in [0, 0.1) is 5.92 Å². The number of methoxy groups -OCH3 is 1. The summed E-state index contributed by atoms with van der Waals surface area (Å²) < 4.78 is 5.28.